The van der Waals surface area contributed by atoms with E-state index < -0.39 is 11.7 Å². The summed E-state index contributed by atoms with van der Waals surface area (Å²) in [6.45, 7) is 0.255. The van der Waals surface area contributed by atoms with Crippen molar-refractivity contribution in [1.29, 1.82) is 0 Å². The molecule has 0 unspecified atom stereocenters. The van der Waals surface area contributed by atoms with E-state index in [0.717, 1.165) is 17.7 Å². The Labute approximate surface area is 168 Å². The number of rotatable bonds is 5. The molecule has 1 aromatic carbocycles. The molecule has 3 heterocycles. The van der Waals surface area contributed by atoms with Crippen molar-refractivity contribution >= 4 is 12.2 Å². The Morgan fingerprint density at radius 2 is 1.86 bits per heavy atom. The molecule has 0 spiro atoms. The Kier molecular flexibility index (Phi) is 4.93. The van der Waals surface area contributed by atoms with Crippen molar-refractivity contribution in [3.8, 4) is 22.7 Å². The third-order valence-electron chi connectivity index (χ3n) is 4.16. The number of furan rings is 1. The van der Waals surface area contributed by atoms with E-state index in [9.17, 15) is 13.2 Å². The molecule has 4 aromatic rings. The zero-order valence-corrected chi connectivity index (χ0v) is 15.6. The van der Waals surface area contributed by atoms with E-state index in [1.165, 1.54) is 6.07 Å². The number of H-pyrrole nitrogens is 1. The van der Waals surface area contributed by atoms with Crippen molar-refractivity contribution in [3.05, 3.63) is 77.0 Å². The summed E-state index contributed by atoms with van der Waals surface area (Å²) < 4.78 is 46.4. The molecule has 0 aliphatic heterocycles. The second kappa shape index (κ2) is 7.55. The summed E-state index contributed by atoms with van der Waals surface area (Å²) in [5, 5.41) is 6.92. The first-order chi connectivity index (χ1) is 13.9. The van der Waals surface area contributed by atoms with Crippen LogP contribution in [0.3, 0.4) is 0 Å². The number of aromatic nitrogens is 4. The lowest BCUT2D eigenvalue weighted by atomic mass is 10.1. The van der Waals surface area contributed by atoms with Crippen LogP contribution in [0.15, 0.2) is 65.3 Å². The van der Waals surface area contributed by atoms with Crippen molar-refractivity contribution in [1.82, 2.24) is 19.9 Å². The first-order valence-corrected chi connectivity index (χ1v) is 8.91. The summed E-state index contributed by atoms with van der Waals surface area (Å²) in [5.41, 5.74) is 3.54. The van der Waals surface area contributed by atoms with Gasteiger partial charge >= 0.3 is 6.18 Å². The van der Waals surface area contributed by atoms with Crippen molar-refractivity contribution in [2.24, 2.45) is 0 Å². The van der Waals surface area contributed by atoms with Crippen molar-refractivity contribution in [2.75, 3.05) is 5.43 Å². The third-order valence-corrected chi connectivity index (χ3v) is 4.43. The quantitative estimate of drug-likeness (QED) is 0.446. The van der Waals surface area contributed by atoms with Crippen LogP contribution in [0.5, 0.6) is 0 Å². The Morgan fingerprint density at radius 1 is 1.07 bits per heavy atom. The average Bonchev–Trinajstić information content (AvgIpc) is 3.33. The van der Waals surface area contributed by atoms with Crippen LogP contribution < -0.4 is 5.43 Å². The SMILES string of the molecule is FC(F)(F)c1cccc(-c2ccc(CNn3c(-c4ccncc4)n[nH]c3=S)o2)c1. The van der Waals surface area contributed by atoms with Gasteiger partial charge < -0.3 is 9.84 Å². The van der Waals surface area contributed by atoms with Gasteiger partial charge in [0.25, 0.3) is 0 Å². The van der Waals surface area contributed by atoms with Gasteiger partial charge in [0.05, 0.1) is 12.1 Å². The van der Waals surface area contributed by atoms with E-state index >= 15 is 0 Å². The predicted molar refractivity (Wildman–Crippen MR) is 103 cm³/mol. The predicted octanol–water partition coefficient (Wildman–Crippen LogP) is 5.03. The lowest BCUT2D eigenvalue weighted by Crippen LogP contribution is -2.15. The van der Waals surface area contributed by atoms with Gasteiger partial charge in [0, 0.05) is 23.5 Å². The monoisotopic (exact) mass is 417 g/mol. The number of halogens is 3. The fraction of sp³-hybridized carbons (Fsp3) is 0.105. The molecule has 0 aliphatic carbocycles. The highest BCUT2D eigenvalue weighted by atomic mass is 32.1. The molecule has 0 saturated heterocycles. The number of hydrogen-bond acceptors (Lipinski definition) is 5. The molecule has 4 rings (SSSR count). The Morgan fingerprint density at radius 3 is 2.62 bits per heavy atom. The molecule has 0 bridgehead atoms. The molecule has 0 fully saturated rings. The molecule has 29 heavy (non-hydrogen) atoms. The molecule has 3 aromatic heterocycles. The first kappa shape index (κ1) is 18.9. The van der Waals surface area contributed by atoms with Crippen LogP contribution in [-0.4, -0.2) is 19.9 Å². The average molecular weight is 417 g/mol. The Balaban J connectivity index is 1.53. The summed E-state index contributed by atoms with van der Waals surface area (Å²) in [5.74, 6) is 1.45. The van der Waals surface area contributed by atoms with E-state index in [2.05, 4.69) is 20.6 Å². The smallest absolute Gasteiger partial charge is 0.416 e. The fourth-order valence-electron chi connectivity index (χ4n) is 2.77. The van der Waals surface area contributed by atoms with Gasteiger partial charge in [0.15, 0.2) is 5.82 Å². The number of aromatic amines is 1. The van der Waals surface area contributed by atoms with Gasteiger partial charge in [-0.1, -0.05) is 12.1 Å². The Bertz CT molecular complexity index is 1180. The summed E-state index contributed by atoms with van der Waals surface area (Å²) >= 11 is 5.25. The van der Waals surface area contributed by atoms with E-state index in [4.69, 9.17) is 16.6 Å². The van der Waals surface area contributed by atoms with Crippen LogP contribution in [0.2, 0.25) is 0 Å². The lowest BCUT2D eigenvalue weighted by molar-refractivity contribution is -0.137. The van der Waals surface area contributed by atoms with Crippen LogP contribution in [0.25, 0.3) is 22.7 Å². The van der Waals surface area contributed by atoms with E-state index in [1.807, 2.05) is 0 Å². The summed E-state index contributed by atoms with van der Waals surface area (Å²) in [6, 6.07) is 11.9. The minimum Gasteiger partial charge on any atom is -0.459 e. The minimum atomic E-state index is -4.41. The molecule has 6 nitrogen and oxygen atoms in total. The van der Waals surface area contributed by atoms with Gasteiger partial charge in [0.2, 0.25) is 4.77 Å². The van der Waals surface area contributed by atoms with Crippen LogP contribution in [0.1, 0.15) is 11.3 Å². The molecule has 2 N–H and O–H groups in total. The van der Waals surface area contributed by atoms with Crippen LogP contribution in [0.4, 0.5) is 13.2 Å². The number of benzene rings is 1. The fourth-order valence-corrected chi connectivity index (χ4v) is 2.97. The normalized spacial score (nSPS) is 11.6. The zero-order valence-electron chi connectivity index (χ0n) is 14.8. The number of nitrogens with one attached hydrogen (secondary N) is 2. The van der Waals surface area contributed by atoms with Gasteiger partial charge in [-0.15, -0.1) is 0 Å². The molecule has 10 heteroatoms. The van der Waals surface area contributed by atoms with Crippen LogP contribution in [0, 0.1) is 4.77 Å². The topological polar surface area (TPSA) is 71.7 Å². The third kappa shape index (κ3) is 4.06. The number of nitrogens with zero attached hydrogens (tertiary/aromatic N) is 3. The maximum absolute atomic E-state index is 12.9. The van der Waals surface area contributed by atoms with Crippen LogP contribution >= 0.6 is 12.2 Å². The molecule has 0 saturated carbocycles. The number of alkyl halides is 3. The molecule has 0 radical (unpaired) electrons. The molecule has 0 atom stereocenters. The molecule has 0 aliphatic rings. The van der Waals surface area contributed by atoms with Gasteiger partial charge in [0.1, 0.15) is 11.5 Å². The minimum absolute atomic E-state index is 0.255. The van der Waals surface area contributed by atoms with Gasteiger partial charge in [-0.25, -0.2) is 9.77 Å². The maximum atomic E-state index is 12.9. The van der Waals surface area contributed by atoms with Gasteiger partial charge in [-0.2, -0.15) is 18.3 Å². The summed E-state index contributed by atoms with van der Waals surface area (Å²) in [4.78, 5) is 3.97. The summed E-state index contributed by atoms with van der Waals surface area (Å²) in [7, 11) is 0. The molecule has 0 amide bonds. The number of hydrogen-bond donors (Lipinski definition) is 2. The molecular formula is C19H14F3N5OS. The van der Waals surface area contributed by atoms with Crippen molar-refractivity contribution in [2.45, 2.75) is 12.7 Å². The van der Waals surface area contributed by atoms with E-state index in [1.54, 1.807) is 47.4 Å². The zero-order chi connectivity index (χ0) is 20.4. The second-order valence-electron chi connectivity index (χ2n) is 6.10. The largest absolute Gasteiger partial charge is 0.459 e. The summed E-state index contributed by atoms with van der Waals surface area (Å²) in [6.07, 6.45) is -1.12. The second-order valence-corrected chi connectivity index (χ2v) is 6.49. The highest BCUT2D eigenvalue weighted by Crippen LogP contribution is 2.32. The van der Waals surface area contributed by atoms with E-state index in [-0.39, 0.29) is 6.54 Å². The van der Waals surface area contributed by atoms with Gasteiger partial charge in [-0.05, 0) is 48.6 Å². The molecular weight excluding hydrogens is 403 g/mol. The van der Waals surface area contributed by atoms with Crippen LogP contribution in [-0.2, 0) is 12.7 Å². The van der Waals surface area contributed by atoms with Crippen molar-refractivity contribution in [3.63, 3.8) is 0 Å². The maximum Gasteiger partial charge on any atom is 0.416 e. The Hall–Kier alpha value is -3.40. The lowest BCUT2D eigenvalue weighted by Gasteiger charge is -2.09. The highest BCUT2D eigenvalue weighted by Gasteiger charge is 2.30. The van der Waals surface area contributed by atoms with Crippen molar-refractivity contribution < 1.29 is 17.6 Å². The standard InChI is InChI=1S/C19H14F3N5OS/c20-19(21,22)14-3-1-2-13(10-14)16-5-4-15(28-16)11-24-27-17(25-26-18(27)29)12-6-8-23-9-7-12/h1-10,24H,11H2,(H,26,29). The highest BCUT2D eigenvalue weighted by molar-refractivity contribution is 7.71. The van der Waals surface area contributed by atoms with Gasteiger partial charge in [-0.3, -0.25) is 4.98 Å². The number of pyridine rings is 1. The van der Waals surface area contributed by atoms with E-state index in [0.29, 0.717) is 27.7 Å². The molecule has 148 valence electrons. The first-order valence-electron chi connectivity index (χ1n) is 8.50.